The lowest BCUT2D eigenvalue weighted by molar-refractivity contribution is 0.827. The SMILES string of the molecule is CCn1c2ccccc2c2cc(-c3ccc(-c4ccc(-c5ccncn5)s4)cc3)ccc21. The van der Waals surface area contributed by atoms with Gasteiger partial charge in [0.2, 0.25) is 0 Å². The summed E-state index contributed by atoms with van der Waals surface area (Å²) in [4.78, 5) is 10.8. The van der Waals surface area contributed by atoms with Gasteiger partial charge < -0.3 is 4.57 Å². The lowest BCUT2D eigenvalue weighted by atomic mass is 10.0. The molecule has 0 amide bonds. The van der Waals surface area contributed by atoms with Gasteiger partial charge in [-0.15, -0.1) is 11.3 Å². The van der Waals surface area contributed by atoms with E-state index < -0.39 is 0 Å². The zero-order valence-corrected chi connectivity index (χ0v) is 18.5. The van der Waals surface area contributed by atoms with E-state index in [2.05, 4.69) is 100 Å². The fourth-order valence-corrected chi connectivity index (χ4v) is 5.46. The molecule has 0 saturated heterocycles. The normalized spacial score (nSPS) is 11.4. The highest BCUT2D eigenvalue weighted by molar-refractivity contribution is 7.18. The highest BCUT2D eigenvalue weighted by Crippen LogP contribution is 2.36. The summed E-state index contributed by atoms with van der Waals surface area (Å²) in [6.07, 6.45) is 3.38. The number of fused-ring (bicyclic) bond motifs is 3. The first-order chi connectivity index (χ1) is 15.8. The van der Waals surface area contributed by atoms with Gasteiger partial charge >= 0.3 is 0 Å². The Labute approximate surface area is 190 Å². The summed E-state index contributed by atoms with van der Waals surface area (Å²) in [5.41, 5.74) is 7.27. The number of hydrogen-bond acceptors (Lipinski definition) is 3. The number of thiophene rings is 1. The Balaban J connectivity index is 1.36. The second-order valence-corrected chi connectivity index (χ2v) is 8.91. The van der Waals surface area contributed by atoms with Crippen LogP contribution in [0.5, 0.6) is 0 Å². The number of hydrogen-bond donors (Lipinski definition) is 0. The van der Waals surface area contributed by atoms with Crippen LogP contribution in [0, 0.1) is 0 Å². The molecule has 0 fully saturated rings. The fraction of sp³-hybridized carbons (Fsp3) is 0.0714. The van der Waals surface area contributed by atoms with E-state index in [0.29, 0.717) is 0 Å². The van der Waals surface area contributed by atoms with Crippen molar-refractivity contribution < 1.29 is 0 Å². The molecule has 0 bridgehead atoms. The van der Waals surface area contributed by atoms with Crippen molar-refractivity contribution in [2.45, 2.75) is 13.5 Å². The Kier molecular flexibility index (Phi) is 4.58. The number of para-hydroxylation sites is 1. The van der Waals surface area contributed by atoms with Crippen molar-refractivity contribution in [2.24, 2.45) is 0 Å². The van der Waals surface area contributed by atoms with Crippen molar-refractivity contribution in [1.82, 2.24) is 14.5 Å². The first kappa shape index (κ1) is 19.0. The number of aryl methyl sites for hydroxylation is 1. The molecule has 3 heterocycles. The van der Waals surface area contributed by atoms with Gasteiger partial charge in [-0.25, -0.2) is 9.97 Å². The van der Waals surface area contributed by atoms with Crippen LogP contribution < -0.4 is 0 Å². The molecule has 3 nitrogen and oxygen atoms in total. The molecule has 0 spiro atoms. The van der Waals surface area contributed by atoms with Crippen LogP contribution in [0.25, 0.3) is 53.9 Å². The predicted octanol–water partition coefficient (Wildman–Crippen LogP) is 7.67. The van der Waals surface area contributed by atoms with E-state index >= 15 is 0 Å². The molecule has 6 aromatic rings. The maximum Gasteiger partial charge on any atom is 0.116 e. The van der Waals surface area contributed by atoms with Crippen molar-refractivity contribution in [3.05, 3.63) is 97.5 Å². The number of benzene rings is 3. The van der Waals surface area contributed by atoms with Gasteiger partial charge in [-0.05, 0) is 60.0 Å². The van der Waals surface area contributed by atoms with Gasteiger partial charge in [-0.3, -0.25) is 0 Å². The first-order valence-electron chi connectivity index (χ1n) is 10.8. The molecule has 0 unspecified atom stereocenters. The van der Waals surface area contributed by atoms with E-state index in [0.717, 1.165) is 17.1 Å². The van der Waals surface area contributed by atoms with Gasteiger partial charge in [0.25, 0.3) is 0 Å². The Morgan fingerprint density at radius 2 is 1.47 bits per heavy atom. The molecule has 0 aliphatic carbocycles. The third-order valence-corrected chi connectivity index (χ3v) is 7.19. The van der Waals surface area contributed by atoms with Crippen LogP contribution >= 0.6 is 11.3 Å². The summed E-state index contributed by atoms with van der Waals surface area (Å²) in [7, 11) is 0. The van der Waals surface area contributed by atoms with Gasteiger partial charge in [0, 0.05) is 39.4 Å². The molecule has 0 N–H and O–H groups in total. The number of aromatic nitrogens is 3. The van der Waals surface area contributed by atoms with Crippen LogP contribution in [-0.2, 0) is 6.54 Å². The van der Waals surface area contributed by atoms with Crippen LogP contribution in [0.4, 0.5) is 0 Å². The highest BCUT2D eigenvalue weighted by atomic mass is 32.1. The minimum Gasteiger partial charge on any atom is -0.341 e. The van der Waals surface area contributed by atoms with Gasteiger partial charge in [-0.1, -0.05) is 48.5 Å². The van der Waals surface area contributed by atoms with E-state index in [4.69, 9.17) is 0 Å². The fourth-order valence-electron chi connectivity index (χ4n) is 4.47. The maximum absolute atomic E-state index is 4.36. The van der Waals surface area contributed by atoms with Crippen LogP contribution in [0.3, 0.4) is 0 Å². The topological polar surface area (TPSA) is 30.7 Å². The van der Waals surface area contributed by atoms with E-state index in [1.807, 2.05) is 6.07 Å². The van der Waals surface area contributed by atoms with Crippen molar-refractivity contribution in [3.63, 3.8) is 0 Å². The average molecular weight is 432 g/mol. The average Bonchev–Trinajstić information content (AvgIpc) is 3.48. The summed E-state index contributed by atoms with van der Waals surface area (Å²) in [6, 6.07) is 30.6. The van der Waals surface area contributed by atoms with Gasteiger partial charge in [0.15, 0.2) is 0 Å². The second kappa shape index (κ2) is 7.74. The molecular formula is C28H21N3S. The van der Waals surface area contributed by atoms with E-state index in [1.165, 1.54) is 43.4 Å². The summed E-state index contributed by atoms with van der Waals surface area (Å²) in [5.74, 6) is 0. The largest absolute Gasteiger partial charge is 0.341 e. The van der Waals surface area contributed by atoms with Crippen LogP contribution in [-0.4, -0.2) is 14.5 Å². The molecule has 0 saturated carbocycles. The quantitative estimate of drug-likeness (QED) is 0.287. The molecule has 3 aromatic heterocycles. The molecule has 0 atom stereocenters. The standard InChI is InChI=1S/C28H21N3S/c1-2-31-25-6-4-3-5-22(25)23-17-21(11-12-26(23)31)19-7-9-20(10-8-19)27-13-14-28(32-27)24-15-16-29-18-30-24/h3-18H,2H2,1H3. The molecule has 3 aromatic carbocycles. The summed E-state index contributed by atoms with van der Waals surface area (Å²) in [6.45, 7) is 3.18. The molecule has 4 heteroatoms. The van der Waals surface area contributed by atoms with E-state index in [1.54, 1.807) is 23.9 Å². The number of rotatable bonds is 4. The monoisotopic (exact) mass is 431 g/mol. The third-order valence-electron chi connectivity index (χ3n) is 6.03. The molecule has 32 heavy (non-hydrogen) atoms. The van der Waals surface area contributed by atoms with Gasteiger partial charge in [0.05, 0.1) is 10.6 Å². The van der Waals surface area contributed by atoms with Crippen LogP contribution in [0.15, 0.2) is 97.5 Å². The minimum absolute atomic E-state index is 0.965. The molecule has 0 radical (unpaired) electrons. The van der Waals surface area contributed by atoms with Crippen molar-refractivity contribution in [1.29, 1.82) is 0 Å². The third kappa shape index (κ3) is 3.12. The van der Waals surface area contributed by atoms with E-state index in [-0.39, 0.29) is 0 Å². The lowest BCUT2D eigenvalue weighted by Crippen LogP contribution is -1.92. The van der Waals surface area contributed by atoms with Crippen molar-refractivity contribution >= 4 is 33.1 Å². The Morgan fingerprint density at radius 3 is 2.28 bits per heavy atom. The smallest absolute Gasteiger partial charge is 0.116 e. The second-order valence-electron chi connectivity index (χ2n) is 7.83. The molecule has 0 aliphatic heterocycles. The molecule has 154 valence electrons. The first-order valence-corrected chi connectivity index (χ1v) is 11.6. The number of nitrogens with zero attached hydrogens (tertiary/aromatic N) is 3. The zero-order valence-electron chi connectivity index (χ0n) is 17.7. The highest BCUT2D eigenvalue weighted by Gasteiger charge is 2.11. The zero-order chi connectivity index (χ0) is 21.5. The Morgan fingerprint density at radius 1 is 0.719 bits per heavy atom. The molecule has 6 rings (SSSR count). The maximum atomic E-state index is 4.36. The van der Waals surface area contributed by atoms with Crippen molar-refractivity contribution in [3.8, 4) is 32.1 Å². The molecular weight excluding hydrogens is 410 g/mol. The van der Waals surface area contributed by atoms with Crippen LogP contribution in [0.2, 0.25) is 0 Å². The van der Waals surface area contributed by atoms with Gasteiger partial charge in [-0.2, -0.15) is 0 Å². The van der Waals surface area contributed by atoms with E-state index in [9.17, 15) is 0 Å². The van der Waals surface area contributed by atoms with Crippen molar-refractivity contribution in [2.75, 3.05) is 0 Å². The Hall–Kier alpha value is -3.76. The lowest BCUT2D eigenvalue weighted by Gasteiger charge is -2.06. The summed E-state index contributed by atoms with van der Waals surface area (Å²) in [5, 5.41) is 2.63. The molecule has 0 aliphatic rings. The van der Waals surface area contributed by atoms with Crippen LogP contribution in [0.1, 0.15) is 6.92 Å². The summed E-state index contributed by atoms with van der Waals surface area (Å²) >= 11 is 1.76. The summed E-state index contributed by atoms with van der Waals surface area (Å²) < 4.78 is 2.39. The minimum atomic E-state index is 0.965. The Bertz CT molecular complexity index is 1540. The van der Waals surface area contributed by atoms with Gasteiger partial charge in [0.1, 0.15) is 6.33 Å². The predicted molar refractivity (Wildman–Crippen MR) is 135 cm³/mol.